The van der Waals surface area contributed by atoms with Crippen molar-refractivity contribution in [1.82, 2.24) is 0 Å². The number of benzene rings is 3. The van der Waals surface area contributed by atoms with Crippen molar-refractivity contribution in [3.8, 4) is 11.5 Å². The molecule has 38 heavy (non-hydrogen) atoms. The predicted molar refractivity (Wildman–Crippen MR) is 141 cm³/mol. The van der Waals surface area contributed by atoms with Crippen LogP contribution in [0, 0.1) is 39.6 Å². The van der Waals surface area contributed by atoms with Crippen molar-refractivity contribution in [3.05, 3.63) is 91.3 Å². The summed E-state index contributed by atoms with van der Waals surface area (Å²) in [6, 6.07) is 11.1. The summed E-state index contributed by atoms with van der Waals surface area (Å²) in [5.41, 5.74) is 1.00. The van der Waals surface area contributed by atoms with Crippen LogP contribution in [0.25, 0.3) is 6.08 Å². The Balaban J connectivity index is 1.68. The van der Waals surface area contributed by atoms with Gasteiger partial charge in [-0.15, -0.1) is 0 Å². The molecular formula is C27H20F5IN2O3. The molecule has 4 rings (SSSR count). The van der Waals surface area contributed by atoms with Crippen LogP contribution in [0.5, 0.6) is 11.5 Å². The number of nitrogens with zero attached hydrogens (tertiary/aromatic N) is 2. The summed E-state index contributed by atoms with van der Waals surface area (Å²) in [5.74, 6) is -11.2. The summed E-state index contributed by atoms with van der Waals surface area (Å²) < 4.78 is 82.0. The molecule has 5 nitrogen and oxygen atoms in total. The lowest BCUT2D eigenvalue weighted by Crippen LogP contribution is -2.25. The molecule has 3 aromatic rings. The van der Waals surface area contributed by atoms with Gasteiger partial charge >= 0.3 is 0 Å². The molecule has 0 saturated heterocycles. The van der Waals surface area contributed by atoms with E-state index < -0.39 is 40.7 Å². The smallest absolute Gasteiger partial charge is 0.280 e. The number of anilines is 1. The molecule has 0 unspecified atom stereocenters. The highest BCUT2D eigenvalue weighted by atomic mass is 127. The van der Waals surface area contributed by atoms with E-state index in [4.69, 9.17) is 9.47 Å². The van der Waals surface area contributed by atoms with Gasteiger partial charge in [-0.3, -0.25) is 4.79 Å². The summed E-state index contributed by atoms with van der Waals surface area (Å²) in [7, 11) is 0. The molecule has 0 atom stereocenters. The number of rotatable bonds is 7. The van der Waals surface area contributed by atoms with Crippen molar-refractivity contribution >= 4 is 46.0 Å². The Bertz CT molecular complexity index is 1480. The van der Waals surface area contributed by atoms with Crippen molar-refractivity contribution in [2.24, 2.45) is 5.10 Å². The van der Waals surface area contributed by atoms with Crippen LogP contribution in [0.2, 0.25) is 0 Å². The third-order valence-electron chi connectivity index (χ3n) is 5.57. The zero-order valence-corrected chi connectivity index (χ0v) is 22.5. The van der Waals surface area contributed by atoms with Crippen LogP contribution in [0.4, 0.5) is 27.6 Å². The summed E-state index contributed by atoms with van der Waals surface area (Å²) in [5, 5.41) is 3.93. The lowest BCUT2D eigenvalue weighted by molar-refractivity contribution is -0.114. The van der Waals surface area contributed by atoms with E-state index in [9.17, 15) is 26.7 Å². The fourth-order valence-corrected chi connectivity index (χ4v) is 4.59. The quantitative estimate of drug-likeness (QED) is 0.0911. The van der Waals surface area contributed by atoms with Crippen LogP contribution in [0.1, 0.15) is 30.5 Å². The topological polar surface area (TPSA) is 51.1 Å². The maximum absolute atomic E-state index is 14.3. The highest BCUT2D eigenvalue weighted by Crippen LogP contribution is 2.37. The number of hydrazone groups is 1. The van der Waals surface area contributed by atoms with E-state index in [1.807, 2.05) is 31.2 Å². The van der Waals surface area contributed by atoms with Gasteiger partial charge < -0.3 is 9.47 Å². The van der Waals surface area contributed by atoms with Crippen molar-refractivity contribution in [2.75, 3.05) is 11.6 Å². The van der Waals surface area contributed by atoms with Gasteiger partial charge in [0.2, 0.25) is 5.82 Å². The molecule has 0 spiro atoms. The highest BCUT2D eigenvalue weighted by Gasteiger charge is 2.37. The number of carbonyl (C=O) groups excluding carboxylic acids is 1. The van der Waals surface area contributed by atoms with Gasteiger partial charge in [0.1, 0.15) is 12.3 Å². The molecule has 0 N–H and O–H groups in total. The van der Waals surface area contributed by atoms with Crippen molar-refractivity contribution in [1.29, 1.82) is 0 Å². The Hall–Kier alpha value is -3.48. The Morgan fingerprint density at radius 1 is 0.947 bits per heavy atom. The number of ether oxygens (including phenoxy) is 2. The molecule has 0 aromatic heterocycles. The van der Waals surface area contributed by atoms with Crippen LogP contribution in [0.15, 0.2) is 47.1 Å². The fraction of sp³-hybridized carbons (Fsp3) is 0.185. The second-order valence-corrected chi connectivity index (χ2v) is 9.48. The third kappa shape index (κ3) is 5.24. The third-order valence-corrected chi connectivity index (χ3v) is 6.37. The molecule has 1 aliphatic rings. The van der Waals surface area contributed by atoms with Crippen LogP contribution >= 0.6 is 22.6 Å². The SMILES string of the molecule is CCOc1cc(/C=C2/C(=O)N(c3c(F)c(F)c(F)c(F)c3F)N=C2C)cc(I)c1OCc1cccc(C)c1. The Kier molecular flexibility index (Phi) is 8.05. The molecule has 0 saturated carbocycles. The Labute approximate surface area is 228 Å². The maximum atomic E-state index is 14.3. The minimum Gasteiger partial charge on any atom is -0.490 e. The largest absolute Gasteiger partial charge is 0.490 e. The van der Waals surface area contributed by atoms with Crippen molar-refractivity contribution in [2.45, 2.75) is 27.4 Å². The maximum Gasteiger partial charge on any atom is 0.280 e. The van der Waals surface area contributed by atoms with Gasteiger partial charge in [0, 0.05) is 0 Å². The van der Waals surface area contributed by atoms with E-state index >= 15 is 0 Å². The molecule has 198 valence electrons. The highest BCUT2D eigenvalue weighted by molar-refractivity contribution is 14.1. The van der Waals surface area contributed by atoms with Gasteiger partial charge in [-0.25, -0.2) is 22.0 Å². The summed E-state index contributed by atoms with van der Waals surface area (Å²) in [6.07, 6.45) is 1.39. The number of hydrogen-bond donors (Lipinski definition) is 0. The van der Waals surface area contributed by atoms with Gasteiger partial charge in [0.05, 0.1) is 21.5 Å². The normalized spacial score (nSPS) is 14.3. The number of halogens is 6. The molecule has 1 amide bonds. The number of carbonyl (C=O) groups is 1. The molecule has 11 heteroatoms. The average molecular weight is 642 g/mol. The monoisotopic (exact) mass is 642 g/mol. The molecule has 0 fully saturated rings. The van der Waals surface area contributed by atoms with Gasteiger partial charge in [0.15, 0.2) is 34.8 Å². The van der Waals surface area contributed by atoms with E-state index in [-0.39, 0.29) is 16.3 Å². The second-order valence-electron chi connectivity index (χ2n) is 8.32. The Morgan fingerprint density at radius 2 is 1.61 bits per heavy atom. The van der Waals surface area contributed by atoms with Crippen LogP contribution in [0.3, 0.4) is 0 Å². The molecule has 1 heterocycles. The molecule has 1 aliphatic heterocycles. The van der Waals surface area contributed by atoms with E-state index in [0.29, 0.717) is 33.8 Å². The fourth-order valence-electron chi connectivity index (χ4n) is 3.81. The summed E-state index contributed by atoms with van der Waals surface area (Å²) in [4.78, 5) is 13.0. The summed E-state index contributed by atoms with van der Waals surface area (Å²) in [6.45, 7) is 5.76. The van der Waals surface area contributed by atoms with Gasteiger partial charge in [0.25, 0.3) is 5.91 Å². The van der Waals surface area contributed by atoms with Crippen LogP contribution in [-0.4, -0.2) is 18.2 Å². The molecule has 3 aromatic carbocycles. The Morgan fingerprint density at radius 3 is 2.24 bits per heavy atom. The number of amides is 1. The van der Waals surface area contributed by atoms with E-state index in [0.717, 1.165) is 11.1 Å². The predicted octanol–water partition coefficient (Wildman–Crippen LogP) is 7.08. The molecule has 0 radical (unpaired) electrons. The molecular weight excluding hydrogens is 622 g/mol. The molecule has 0 bridgehead atoms. The first kappa shape index (κ1) is 27.6. The minimum atomic E-state index is -2.32. The van der Waals surface area contributed by atoms with Gasteiger partial charge in [-0.2, -0.15) is 10.1 Å². The second kappa shape index (κ2) is 11.1. The lowest BCUT2D eigenvalue weighted by Gasteiger charge is -2.16. The van der Waals surface area contributed by atoms with E-state index in [1.165, 1.54) is 13.0 Å². The zero-order valence-electron chi connectivity index (χ0n) is 20.3. The van der Waals surface area contributed by atoms with Crippen LogP contribution in [-0.2, 0) is 11.4 Å². The first-order chi connectivity index (χ1) is 18.0. The number of aryl methyl sites for hydroxylation is 1. The first-order valence-electron chi connectivity index (χ1n) is 11.3. The summed E-state index contributed by atoms with van der Waals surface area (Å²) >= 11 is 2.05. The van der Waals surface area contributed by atoms with Gasteiger partial charge in [-0.1, -0.05) is 29.8 Å². The van der Waals surface area contributed by atoms with E-state index in [2.05, 4.69) is 27.7 Å². The minimum absolute atomic E-state index is 0.0201. The van der Waals surface area contributed by atoms with Crippen LogP contribution < -0.4 is 14.5 Å². The first-order valence-corrected chi connectivity index (χ1v) is 12.4. The standard InChI is InChI=1S/C27H20F5IN2O3/c1-4-37-19-11-16(10-18(33)26(19)38-12-15-7-5-6-13(2)8-15)9-17-14(3)34-35(27(17)36)25-23(31)21(29)20(28)22(30)24(25)32/h5-11H,4,12H2,1-3H3/b17-9+. The van der Waals surface area contributed by atoms with Crippen molar-refractivity contribution in [3.63, 3.8) is 0 Å². The average Bonchev–Trinajstić information content (AvgIpc) is 3.14. The van der Waals surface area contributed by atoms with Crippen molar-refractivity contribution < 1.29 is 36.2 Å². The zero-order chi connectivity index (χ0) is 27.7. The lowest BCUT2D eigenvalue weighted by atomic mass is 10.1. The molecule has 0 aliphatic carbocycles. The van der Waals surface area contributed by atoms with Gasteiger partial charge in [-0.05, 0) is 72.7 Å². The van der Waals surface area contributed by atoms with E-state index in [1.54, 1.807) is 19.1 Å². The number of hydrogen-bond acceptors (Lipinski definition) is 4.